The first-order valence-electron chi connectivity index (χ1n) is 14.9. The molecule has 0 N–H and O–H groups in total. The first-order chi connectivity index (χ1) is 22.9. The lowest BCUT2D eigenvalue weighted by Crippen LogP contribution is -2.40. The number of nitrogens with zero attached hydrogens (tertiary/aromatic N) is 2. The third-order valence-electron chi connectivity index (χ3n) is 7.58. The highest BCUT2D eigenvalue weighted by molar-refractivity contribution is 14.1. The quantitative estimate of drug-likeness (QED) is 0.126. The van der Waals surface area contributed by atoms with E-state index < -0.39 is 12.0 Å². The fourth-order valence-corrected chi connectivity index (χ4v) is 7.17. The van der Waals surface area contributed by atoms with Crippen molar-refractivity contribution in [3.8, 4) is 17.2 Å². The summed E-state index contributed by atoms with van der Waals surface area (Å²) in [5, 5.41) is 0. The van der Waals surface area contributed by atoms with E-state index in [0.717, 1.165) is 25.8 Å². The van der Waals surface area contributed by atoms with E-state index in [1.54, 1.807) is 25.7 Å². The molecule has 0 unspecified atom stereocenters. The molecule has 8 nitrogen and oxygen atoms in total. The van der Waals surface area contributed by atoms with Crippen LogP contribution in [0.25, 0.3) is 11.8 Å². The number of benzene rings is 4. The molecule has 1 atom stereocenters. The van der Waals surface area contributed by atoms with Crippen LogP contribution >= 0.6 is 33.9 Å². The van der Waals surface area contributed by atoms with E-state index in [-0.39, 0.29) is 12.2 Å². The van der Waals surface area contributed by atoms with Crippen LogP contribution in [0.5, 0.6) is 17.2 Å². The van der Waals surface area contributed by atoms with Gasteiger partial charge in [0.05, 0.1) is 46.2 Å². The summed E-state index contributed by atoms with van der Waals surface area (Å²) >= 11 is 3.48. The van der Waals surface area contributed by atoms with Gasteiger partial charge in [0.15, 0.2) is 16.3 Å². The Hall–Kier alpha value is -4.68. The Balaban J connectivity index is 1.50. The van der Waals surface area contributed by atoms with Gasteiger partial charge < -0.3 is 18.9 Å². The molecule has 4 aromatic carbocycles. The smallest absolute Gasteiger partial charge is 0.338 e. The number of aromatic nitrogens is 1. The number of fused-ring (bicyclic) bond motifs is 1. The Morgan fingerprint density at radius 2 is 1.66 bits per heavy atom. The number of hydrogen-bond acceptors (Lipinski definition) is 8. The summed E-state index contributed by atoms with van der Waals surface area (Å²) in [5.74, 6) is 1.31. The molecule has 6 rings (SSSR count). The topological polar surface area (TPSA) is 88.4 Å². The third kappa shape index (κ3) is 6.75. The van der Waals surface area contributed by atoms with Crippen molar-refractivity contribution in [1.29, 1.82) is 0 Å². The second-order valence-corrected chi connectivity index (χ2v) is 12.7. The summed E-state index contributed by atoms with van der Waals surface area (Å²) in [4.78, 5) is 33.4. The van der Waals surface area contributed by atoms with Crippen LogP contribution in [-0.4, -0.2) is 31.4 Å². The Morgan fingerprint density at radius 1 is 0.957 bits per heavy atom. The van der Waals surface area contributed by atoms with Crippen molar-refractivity contribution in [2.24, 2.45) is 4.99 Å². The molecule has 5 aromatic rings. The van der Waals surface area contributed by atoms with Gasteiger partial charge in [0.1, 0.15) is 12.4 Å². The van der Waals surface area contributed by atoms with Gasteiger partial charge in [-0.1, -0.05) is 84.1 Å². The van der Waals surface area contributed by atoms with Crippen LogP contribution < -0.4 is 29.1 Å². The molecule has 0 saturated heterocycles. The van der Waals surface area contributed by atoms with E-state index in [9.17, 15) is 9.59 Å². The lowest BCUT2D eigenvalue weighted by molar-refractivity contribution is -0.138. The Labute approximate surface area is 289 Å². The standard InChI is InChI=1S/C37H31IN2O6S/c1-4-45-36(42)31-32(25-13-9-6-10-14-25)39-37-40(33(31)26-15-17-27(43-2)18-16-26)35(41)30(47-37)21-24-19-28(38)34(29(20-24)44-3)46-22-23-11-7-5-8-12-23/h5-21,33H,4,22H2,1-3H3/b30-21-/t33-/m1/s1. The number of ether oxygens (including phenoxy) is 4. The van der Waals surface area contributed by atoms with Gasteiger partial charge in [-0.3, -0.25) is 9.36 Å². The maximum Gasteiger partial charge on any atom is 0.338 e. The average Bonchev–Trinajstić information content (AvgIpc) is 3.41. The van der Waals surface area contributed by atoms with Crippen molar-refractivity contribution in [2.45, 2.75) is 19.6 Å². The zero-order chi connectivity index (χ0) is 32.9. The minimum absolute atomic E-state index is 0.176. The molecule has 238 valence electrons. The molecule has 0 amide bonds. The van der Waals surface area contributed by atoms with Crippen LogP contribution in [0.2, 0.25) is 0 Å². The van der Waals surface area contributed by atoms with Gasteiger partial charge in [0.25, 0.3) is 5.56 Å². The predicted octanol–water partition coefficient (Wildman–Crippen LogP) is 6.14. The Bertz CT molecular complexity index is 2120. The van der Waals surface area contributed by atoms with Gasteiger partial charge in [0.2, 0.25) is 0 Å². The average molecular weight is 759 g/mol. The molecule has 2 heterocycles. The molecule has 1 aliphatic rings. The summed E-state index contributed by atoms with van der Waals surface area (Å²) in [5.41, 5.74) is 3.75. The second kappa shape index (κ2) is 14.4. The summed E-state index contributed by atoms with van der Waals surface area (Å²) in [7, 11) is 3.18. The molecule has 0 spiro atoms. The van der Waals surface area contributed by atoms with E-state index in [0.29, 0.717) is 44.5 Å². The Morgan fingerprint density at radius 3 is 2.32 bits per heavy atom. The fraction of sp³-hybridized carbons (Fsp3) is 0.162. The van der Waals surface area contributed by atoms with Crippen LogP contribution in [0.15, 0.2) is 112 Å². The van der Waals surface area contributed by atoms with Gasteiger partial charge in [-0.25, -0.2) is 9.79 Å². The summed E-state index contributed by atoms with van der Waals surface area (Å²) in [6, 6.07) is 29.7. The fourth-order valence-electron chi connectivity index (χ4n) is 5.39. The molecule has 10 heteroatoms. The number of thiazole rings is 1. The minimum atomic E-state index is -0.781. The molecule has 0 bridgehead atoms. The molecule has 47 heavy (non-hydrogen) atoms. The molecule has 0 aliphatic carbocycles. The van der Waals surface area contributed by atoms with Crippen LogP contribution in [0.3, 0.4) is 0 Å². The number of carbonyl (C=O) groups excluding carboxylic acids is 1. The van der Waals surface area contributed by atoms with Crippen molar-refractivity contribution in [3.05, 3.63) is 148 Å². The molecule has 1 aromatic heterocycles. The first kappa shape index (κ1) is 32.3. The van der Waals surface area contributed by atoms with Gasteiger partial charge in [0, 0.05) is 5.56 Å². The molecule has 0 fully saturated rings. The summed E-state index contributed by atoms with van der Waals surface area (Å²) < 4.78 is 25.7. The largest absolute Gasteiger partial charge is 0.497 e. The number of rotatable bonds is 10. The summed E-state index contributed by atoms with van der Waals surface area (Å²) in [6.07, 6.45) is 1.82. The van der Waals surface area contributed by atoms with Crippen LogP contribution in [0, 0.1) is 3.57 Å². The van der Waals surface area contributed by atoms with E-state index in [2.05, 4.69) is 22.6 Å². The van der Waals surface area contributed by atoms with Gasteiger partial charge in [-0.15, -0.1) is 0 Å². The number of carbonyl (C=O) groups is 1. The maximum absolute atomic E-state index is 14.3. The van der Waals surface area contributed by atoms with Crippen LogP contribution in [0.4, 0.5) is 0 Å². The predicted molar refractivity (Wildman–Crippen MR) is 191 cm³/mol. The lowest BCUT2D eigenvalue weighted by Gasteiger charge is -2.26. The van der Waals surface area contributed by atoms with E-state index in [1.165, 1.54) is 11.3 Å². The highest BCUT2D eigenvalue weighted by atomic mass is 127. The molecule has 0 saturated carbocycles. The van der Waals surface area contributed by atoms with E-state index in [4.69, 9.17) is 23.9 Å². The van der Waals surface area contributed by atoms with Gasteiger partial charge >= 0.3 is 5.97 Å². The highest BCUT2D eigenvalue weighted by Gasteiger charge is 2.35. The minimum Gasteiger partial charge on any atom is -0.497 e. The Kier molecular flexibility index (Phi) is 9.88. The lowest BCUT2D eigenvalue weighted by atomic mass is 9.93. The maximum atomic E-state index is 14.3. The first-order valence-corrected chi connectivity index (χ1v) is 16.8. The van der Waals surface area contributed by atoms with Crippen LogP contribution in [-0.2, 0) is 16.1 Å². The van der Waals surface area contributed by atoms with Crippen molar-refractivity contribution in [3.63, 3.8) is 0 Å². The SMILES string of the molecule is CCOC(=O)C1=C(c2ccccc2)N=c2s/c(=C\c3cc(I)c(OCc4ccccc4)c(OC)c3)c(=O)n2[C@@H]1c1ccc(OC)cc1. The van der Waals surface area contributed by atoms with Crippen molar-refractivity contribution >= 4 is 51.7 Å². The molecular formula is C37H31IN2O6S. The van der Waals surface area contributed by atoms with Gasteiger partial charge in [-0.2, -0.15) is 0 Å². The van der Waals surface area contributed by atoms with Crippen molar-refractivity contribution in [1.82, 2.24) is 4.57 Å². The highest BCUT2D eigenvalue weighted by Crippen LogP contribution is 2.37. The molecule has 1 aliphatic heterocycles. The molecular weight excluding hydrogens is 727 g/mol. The number of halogens is 1. The zero-order valence-corrected chi connectivity index (χ0v) is 28.9. The van der Waals surface area contributed by atoms with Crippen molar-refractivity contribution < 1.29 is 23.7 Å². The van der Waals surface area contributed by atoms with E-state index in [1.807, 2.05) is 103 Å². The molecule has 0 radical (unpaired) electrons. The normalized spacial score (nSPS) is 14.3. The third-order valence-corrected chi connectivity index (χ3v) is 9.36. The van der Waals surface area contributed by atoms with Gasteiger partial charge in [-0.05, 0) is 76.5 Å². The number of methoxy groups -OCH3 is 2. The van der Waals surface area contributed by atoms with Crippen LogP contribution in [0.1, 0.15) is 35.2 Å². The zero-order valence-electron chi connectivity index (χ0n) is 25.9. The van der Waals surface area contributed by atoms with E-state index >= 15 is 0 Å². The number of esters is 1. The monoisotopic (exact) mass is 758 g/mol. The van der Waals surface area contributed by atoms with Crippen molar-refractivity contribution in [2.75, 3.05) is 20.8 Å². The summed E-state index contributed by atoms with van der Waals surface area (Å²) in [6.45, 7) is 2.32. The second-order valence-electron chi connectivity index (χ2n) is 10.5. The number of hydrogen-bond donors (Lipinski definition) is 0.